The number of piperidine rings is 1. The lowest BCUT2D eigenvalue weighted by atomic mass is 9.84. The van der Waals surface area contributed by atoms with Crippen molar-refractivity contribution in [1.82, 2.24) is 10.6 Å². The molecule has 25 heavy (non-hydrogen) atoms. The van der Waals surface area contributed by atoms with Crippen LogP contribution in [0.4, 0.5) is 0 Å². The Hall–Kier alpha value is -1.58. The van der Waals surface area contributed by atoms with Crippen molar-refractivity contribution in [2.24, 2.45) is 11.8 Å². The Labute approximate surface area is 157 Å². The fourth-order valence-electron chi connectivity index (χ4n) is 3.88. The number of benzene rings is 2. The van der Waals surface area contributed by atoms with E-state index in [1.54, 1.807) is 0 Å². The molecular weight excluding hydrogens is 332 g/mol. The fourth-order valence-corrected chi connectivity index (χ4v) is 3.88. The topological polar surface area (TPSA) is 41.1 Å². The van der Waals surface area contributed by atoms with Gasteiger partial charge < -0.3 is 10.6 Å². The van der Waals surface area contributed by atoms with E-state index in [9.17, 15) is 4.79 Å². The highest BCUT2D eigenvalue weighted by Gasteiger charge is 2.22. The lowest BCUT2D eigenvalue weighted by Gasteiger charge is -2.28. The number of rotatable bonds is 5. The molecule has 2 N–H and O–H groups in total. The predicted molar refractivity (Wildman–Crippen MR) is 107 cm³/mol. The van der Waals surface area contributed by atoms with Gasteiger partial charge in [0.25, 0.3) is 0 Å². The lowest BCUT2D eigenvalue weighted by molar-refractivity contribution is -0.123. The molecule has 2 aromatic rings. The van der Waals surface area contributed by atoms with Crippen LogP contribution in [0.2, 0.25) is 0 Å². The molecule has 0 saturated carbocycles. The number of amides is 1. The third kappa shape index (κ3) is 4.96. The molecule has 136 valence electrons. The minimum Gasteiger partial charge on any atom is -0.350 e. The number of fused-ring (bicyclic) bond motifs is 1. The van der Waals surface area contributed by atoms with Gasteiger partial charge in [0.2, 0.25) is 5.91 Å². The van der Waals surface area contributed by atoms with Gasteiger partial charge in [-0.1, -0.05) is 49.4 Å². The van der Waals surface area contributed by atoms with Crippen LogP contribution in [-0.4, -0.2) is 19.0 Å². The highest BCUT2D eigenvalue weighted by Crippen LogP contribution is 2.26. The van der Waals surface area contributed by atoms with E-state index in [0.717, 1.165) is 13.1 Å². The monoisotopic (exact) mass is 360 g/mol. The van der Waals surface area contributed by atoms with E-state index in [-0.39, 0.29) is 24.4 Å². The van der Waals surface area contributed by atoms with Crippen molar-refractivity contribution in [3.05, 3.63) is 48.0 Å². The number of hydrogen-bond donors (Lipinski definition) is 2. The van der Waals surface area contributed by atoms with E-state index in [4.69, 9.17) is 0 Å². The number of halogens is 1. The number of hydrogen-bond acceptors (Lipinski definition) is 2. The average Bonchev–Trinajstić information content (AvgIpc) is 2.61. The summed E-state index contributed by atoms with van der Waals surface area (Å²) in [5.74, 6) is 1.29. The highest BCUT2D eigenvalue weighted by atomic mass is 35.5. The van der Waals surface area contributed by atoms with Gasteiger partial charge in [0.1, 0.15) is 0 Å². The average molecular weight is 361 g/mol. The molecule has 0 bridgehead atoms. The van der Waals surface area contributed by atoms with E-state index in [2.05, 4.69) is 66.9 Å². The summed E-state index contributed by atoms with van der Waals surface area (Å²) in [7, 11) is 0. The molecule has 4 heteroatoms. The summed E-state index contributed by atoms with van der Waals surface area (Å²) >= 11 is 0. The maximum absolute atomic E-state index is 12.5. The largest absolute Gasteiger partial charge is 0.350 e. The Balaban J connectivity index is 0.00000225. The van der Waals surface area contributed by atoms with Crippen LogP contribution in [0.3, 0.4) is 0 Å². The van der Waals surface area contributed by atoms with Crippen LogP contribution < -0.4 is 10.6 Å². The molecule has 1 heterocycles. The summed E-state index contributed by atoms with van der Waals surface area (Å²) in [5, 5.41) is 9.04. The Morgan fingerprint density at radius 1 is 1.12 bits per heavy atom. The molecular formula is C21H29ClN2O. The molecule has 1 fully saturated rings. The molecule has 0 aromatic heterocycles. The van der Waals surface area contributed by atoms with Gasteiger partial charge in [-0.05, 0) is 61.0 Å². The van der Waals surface area contributed by atoms with Crippen molar-refractivity contribution in [3.63, 3.8) is 0 Å². The van der Waals surface area contributed by atoms with Crippen LogP contribution in [0.1, 0.15) is 44.7 Å². The third-order valence-corrected chi connectivity index (χ3v) is 5.36. The smallest absolute Gasteiger partial charge is 0.220 e. The van der Waals surface area contributed by atoms with E-state index < -0.39 is 0 Å². The highest BCUT2D eigenvalue weighted by molar-refractivity contribution is 5.87. The van der Waals surface area contributed by atoms with Crippen molar-refractivity contribution in [3.8, 4) is 0 Å². The van der Waals surface area contributed by atoms with Crippen LogP contribution in [0.25, 0.3) is 10.8 Å². The SMILES string of the molecule is CC(NC(=O)CC(C)C1CCNCC1)c1cccc2ccccc12.Cl. The molecule has 1 aliphatic heterocycles. The zero-order valence-corrected chi connectivity index (χ0v) is 15.9. The van der Waals surface area contributed by atoms with Crippen molar-refractivity contribution < 1.29 is 4.79 Å². The van der Waals surface area contributed by atoms with Crippen LogP contribution in [0, 0.1) is 11.8 Å². The summed E-state index contributed by atoms with van der Waals surface area (Å²) < 4.78 is 0. The van der Waals surface area contributed by atoms with Gasteiger partial charge in [-0.2, -0.15) is 0 Å². The third-order valence-electron chi connectivity index (χ3n) is 5.36. The quantitative estimate of drug-likeness (QED) is 0.826. The molecule has 0 spiro atoms. The first-order chi connectivity index (χ1) is 11.6. The molecule has 3 nitrogen and oxygen atoms in total. The van der Waals surface area contributed by atoms with Gasteiger partial charge in [-0.3, -0.25) is 4.79 Å². The minimum atomic E-state index is 0. The number of carbonyl (C=O) groups is 1. The van der Waals surface area contributed by atoms with Gasteiger partial charge in [0.15, 0.2) is 0 Å². The van der Waals surface area contributed by atoms with Crippen molar-refractivity contribution >= 4 is 29.1 Å². The van der Waals surface area contributed by atoms with Crippen LogP contribution in [-0.2, 0) is 4.79 Å². The standard InChI is InChI=1S/C21H28N2O.ClH/c1-15(17-10-12-22-13-11-17)14-21(24)23-16(2)19-9-5-7-18-6-3-4-8-20(18)19;/h3-9,15-17,22H,10-14H2,1-2H3,(H,23,24);1H. The lowest BCUT2D eigenvalue weighted by Crippen LogP contribution is -2.34. The van der Waals surface area contributed by atoms with E-state index >= 15 is 0 Å². The van der Waals surface area contributed by atoms with Gasteiger partial charge in [0.05, 0.1) is 6.04 Å². The van der Waals surface area contributed by atoms with Crippen molar-refractivity contribution in [2.45, 2.75) is 39.2 Å². The molecule has 1 saturated heterocycles. The van der Waals surface area contributed by atoms with Gasteiger partial charge >= 0.3 is 0 Å². The molecule has 2 atom stereocenters. The zero-order valence-electron chi connectivity index (χ0n) is 15.1. The Morgan fingerprint density at radius 2 is 1.80 bits per heavy atom. The van der Waals surface area contributed by atoms with E-state index in [1.165, 1.54) is 29.2 Å². The zero-order chi connectivity index (χ0) is 16.9. The van der Waals surface area contributed by atoms with Gasteiger partial charge in [-0.15, -0.1) is 12.4 Å². The minimum absolute atomic E-state index is 0. The molecule has 0 aliphatic carbocycles. The Kier molecular flexibility index (Phi) is 7.27. The van der Waals surface area contributed by atoms with Gasteiger partial charge in [-0.25, -0.2) is 0 Å². The first kappa shape index (κ1) is 19.7. The van der Waals surface area contributed by atoms with Gasteiger partial charge in [0, 0.05) is 6.42 Å². The number of nitrogens with one attached hydrogen (secondary N) is 2. The van der Waals surface area contributed by atoms with E-state index in [0.29, 0.717) is 18.3 Å². The van der Waals surface area contributed by atoms with Crippen LogP contribution in [0.15, 0.2) is 42.5 Å². The first-order valence-electron chi connectivity index (χ1n) is 9.13. The van der Waals surface area contributed by atoms with Crippen LogP contribution in [0.5, 0.6) is 0 Å². The first-order valence-corrected chi connectivity index (χ1v) is 9.13. The fraction of sp³-hybridized carbons (Fsp3) is 0.476. The molecule has 1 amide bonds. The second-order valence-electron chi connectivity index (χ2n) is 7.13. The molecule has 3 rings (SSSR count). The van der Waals surface area contributed by atoms with Crippen molar-refractivity contribution in [2.75, 3.05) is 13.1 Å². The normalized spacial score (nSPS) is 17.5. The predicted octanol–water partition coefficient (Wildman–Crippen LogP) is 4.46. The van der Waals surface area contributed by atoms with Crippen molar-refractivity contribution in [1.29, 1.82) is 0 Å². The number of carbonyl (C=O) groups excluding carboxylic acids is 1. The Bertz CT molecular complexity index is 692. The molecule has 2 unspecified atom stereocenters. The van der Waals surface area contributed by atoms with Crippen LogP contribution >= 0.6 is 12.4 Å². The molecule has 1 aliphatic rings. The summed E-state index contributed by atoms with van der Waals surface area (Å²) in [6.45, 7) is 6.47. The second kappa shape index (κ2) is 9.21. The molecule has 2 aromatic carbocycles. The maximum Gasteiger partial charge on any atom is 0.220 e. The summed E-state index contributed by atoms with van der Waals surface area (Å²) in [4.78, 5) is 12.5. The summed E-state index contributed by atoms with van der Waals surface area (Å²) in [6.07, 6.45) is 3.00. The van der Waals surface area contributed by atoms with E-state index in [1.807, 2.05) is 0 Å². The summed E-state index contributed by atoms with van der Waals surface area (Å²) in [6, 6.07) is 14.7. The maximum atomic E-state index is 12.5. The summed E-state index contributed by atoms with van der Waals surface area (Å²) in [5.41, 5.74) is 1.19. The second-order valence-corrected chi connectivity index (χ2v) is 7.13. The Morgan fingerprint density at radius 3 is 2.56 bits per heavy atom. The molecule has 0 radical (unpaired) electrons.